The number of nitrogens with one attached hydrogen (secondary N) is 1. The van der Waals surface area contributed by atoms with E-state index in [9.17, 15) is 0 Å². The van der Waals surface area contributed by atoms with Gasteiger partial charge < -0.3 is 0 Å². The Kier molecular flexibility index (Phi) is 5.73. The second kappa shape index (κ2) is 7.99. The summed E-state index contributed by atoms with van der Waals surface area (Å²) in [5.74, 6) is 0.715. The number of aryl methyl sites for hydroxylation is 1. The van der Waals surface area contributed by atoms with E-state index < -0.39 is 0 Å². The summed E-state index contributed by atoms with van der Waals surface area (Å²) in [5.41, 5.74) is 3.57. The van der Waals surface area contributed by atoms with Gasteiger partial charge in [0.25, 0.3) is 0 Å². The lowest BCUT2D eigenvalue weighted by atomic mass is 10.0. The number of nitriles is 1. The molecule has 3 heteroatoms. The van der Waals surface area contributed by atoms with Crippen molar-refractivity contribution in [2.75, 3.05) is 0 Å². The molecule has 0 aromatic heterocycles. The van der Waals surface area contributed by atoms with Crippen molar-refractivity contribution in [3.63, 3.8) is 0 Å². The highest BCUT2D eigenvalue weighted by atomic mass is 15.0. The number of hydrogen-bond acceptors (Lipinski definition) is 2. The second-order valence-electron chi connectivity index (χ2n) is 5.25. The highest BCUT2D eigenvalue weighted by Gasteiger charge is 2.10. The summed E-state index contributed by atoms with van der Waals surface area (Å²) in [6, 6.07) is 18.5. The van der Waals surface area contributed by atoms with Crippen molar-refractivity contribution in [3.8, 4) is 6.19 Å². The van der Waals surface area contributed by atoms with E-state index in [1.807, 2.05) is 36.5 Å². The van der Waals surface area contributed by atoms with Crippen LogP contribution in [0.2, 0.25) is 0 Å². The second-order valence-corrected chi connectivity index (χ2v) is 5.25. The average molecular weight is 291 g/mol. The van der Waals surface area contributed by atoms with E-state index in [0.717, 1.165) is 6.42 Å². The first-order valence-electron chi connectivity index (χ1n) is 7.55. The maximum absolute atomic E-state index is 9.00. The van der Waals surface area contributed by atoms with Crippen LogP contribution >= 0.6 is 0 Å². The van der Waals surface area contributed by atoms with E-state index >= 15 is 0 Å². The number of aliphatic imine (C=N–C) groups is 1. The Bertz CT molecular complexity index is 669. The van der Waals surface area contributed by atoms with Crippen molar-refractivity contribution < 1.29 is 0 Å². The predicted molar refractivity (Wildman–Crippen MR) is 90.5 cm³/mol. The van der Waals surface area contributed by atoms with Gasteiger partial charge in [-0.25, -0.2) is 0 Å². The smallest absolute Gasteiger partial charge is 0.182 e. The first kappa shape index (κ1) is 15.8. The molecule has 0 spiro atoms. The third-order valence-electron chi connectivity index (χ3n) is 3.70. The van der Waals surface area contributed by atoms with Gasteiger partial charge in [0.2, 0.25) is 0 Å². The molecule has 0 fully saturated rings. The molecule has 3 nitrogen and oxygen atoms in total. The van der Waals surface area contributed by atoms with Crippen molar-refractivity contribution in [2.24, 2.45) is 4.99 Å². The molecule has 0 aliphatic carbocycles. The van der Waals surface area contributed by atoms with Crippen molar-refractivity contribution in [1.29, 1.82) is 5.26 Å². The van der Waals surface area contributed by atoms with E-state index in [2.05, 4.69) is 43.4 Å². The molecule has 0 bridgehead atoms. The van der Waals surface area contributed by atoms with Gasteiger partial charge in [0.1, 0.15) is 5.84 Å². The lowest BCUT2D eigenvalue weighted by Crippen LogP contribution is -2.22. The lowest BCUT2D eigenvalue weighted by molar-refractivity contribution is 0.695. The minimum atomic E-state index is 0.0704. The van der Waals surface area contributed by atoms with E-state index in [0.29, 0.717) is 12.3 Å². The van der Waals surface area contributed by atoms with Crippen LogP contribution in [0, 0.1) is 18.4 Å². The molecule has 22 heavy (non-hydrogen) atoms. The van der Waals surface area contributed by atoms with E-state index in [1.165, 1.54) is 16.7 Å². The Labute approximate surface area is 132 Å². The minimum absolute atomic E-state index is 0.0704. The van der Waals surface area contributed by atoms with Crippen LogP contribution in [0.25, 0.3) is 0 Å². The van der Waals surface area contributed by atoms with E-state index in [-0.39, 0.29) is 6.04 Å². The van der Waals surface area contributed by atoms with Gasteiger partial charge in [-0.2, -0.15) is 5.26 Å². The van der Waals surface area contributed by atoms with Crippen LogP contribution in [0.15, 0.2) is 59.6 Å². The fourth-order valence-corrected chi connectivity index (χ4v) is 2.44. The van der Waals surface area contributed by atoms with E-state index in [4.69, 9.17) is 10.3 Å². The lowest BCUT2D eigenvalue weighted by Gasteiger charge is -2.14. The topological polar surface area (TPSA) is 48.2 Å². The number of hydrogen-bond donors (Lipinski definition) is 1. The summed E-state index contributed by atoms with van der Waals surface area (Å²) < 4.78 is 0. The summed E-state index contributed by atoms with van der Waals surface area (Å²) in [6.07, 6.45) is 3.55. The minimum Gasteiger partial charge on any atom is -0.280 e. The molecule has 1 unspecified atom stereocenters. The molecule has 2 aromatic rings. The largest absolute Gasteiger partial charge is 0.280 e. The molecule has 2 aromatic carbocycles. The molecule has 0 heterocycles. The van der Waals surface area contributed by atoms with Gasteiger partial charge in [-0.05, 0) is 30.0 Å². The molecular weight excluding hydrogens is 270 g/mol. The zero-order valence-electron chi connectivity index (χ0n) is 13.1. The van der Waals surface area contributed by atoms with Gasteiger partial charge in [-0.1, -0.05) is 61.5 Å². The van der Waals surface area contributed by atoms with Crippen molar-refractivity contribution >= 4 is 5.84 Å². The molecule has 112 valence electrons. The molecule has 0 radical (unpaired) electrons. The Balaban J connectivity index is 2.26. The molecular formula is C19H21N3. The monoisotopic (exact) mass is 291 g/mol. The zero-order chi connectivity index (χ0) is 15.8. The standard InChI is InChI=1S/C19H21N3/c1-3-18(16-10-5-4-6-11-16)22-19(21-14-20)13-17-12-8-7-9-15(17)2/h4-12,18H,3,13H2,1-2H3,(H,21,22). The maximum atomic E-state index is 9.00. The fraction of sp³-hybridized carbons (Fsp3) is 0.263. The first-order valence-corrected chi connectivity index (χ1v) is 7.55. The van der Waals surface area contributed by atoms with Crippen LogP contribution in [0.3, 0.4) is 0 Å². The predicted octanol–water partition coefficient (Wildman–Crippen LogP) is 4.16. The van der Waals surface area contributed by atoms with Crippen molar-refractivity contribution in [2.45, 2.75) is 32.7 Å². The highest BCUT2D eigenvalue weighted by molar-refractivity contribution is 5.86. The average Bonchev–Trinajstić information content (AvgIpc) is 2.55. The van der Waals surface area contributed by atoms with Gasteiger partial charge in [-0.15, -0.1) is 0 Å². The van der Waals surface area contributed by atoms with Crippen LogP contribution in [0.1, 0.15) is 36.1 Å². The quantitative estimate of drug-likeness (QED) is 0.389. The van der Waals surface area contributed by atoms with E-state index in [1.54, 1.807) is 0 Å². The Hall–Kier alpha value is -2.60. The van der Waals surface area contributed by atoms with Crippen molar-refractivity contribution in [1.82, 2.24) is 5.32 Å². The SMILES string of the molecule is CCC(N=C(Cc1ccccc1C)NC#N)c1ccccc1. The van der Waals surface area contributed by atoms with Crippen LogP contribution in [-0.4, -0.2) is 5.84 Å². The van der Waals surface area contributed by atoms with Gasteiger partial charge in [0.15, 0.2) is 6.19 Å². The highest BCUT2D eigenvalue weighted by Crippen LogP contribution is 2.21. The van der Waals surface area contributed by atoms with Gasteiger partial charge in [0, 0.05) is 6.42 Å². The number of nitrogens with zero attached hydrogens (tertiary/aromatic N) is 2. The molecule has 0 saturated carbocycles. The molecule has 0 amide bonds. The van der Waals surface area contributed by atoms with Crippen LogP contribution in [-0.2, 0) is 6.42 Å². The molecule has 1 N–H and O–H groups in total. The number of rotatable bonds is 5. The fourth-order valence-electron chi connectivity index (χ4n) is 2.44. The molecule has 1 atom stereocenters. The van der Waals surface area contributed by atoms with Gasteiger partial charge in [-0.3, -0.25) is 10.3 Å². The maximum Gasteiger partial charge on any atom is 0.182 e. The summed E-state index contributed by atoms with van der Waals surface area (Å²) in [4.78, 5) is 4.77. The first-order chi connectivity index (χ1) is 10.7. The Morgan fingerprint density at radius 1 is 1.14 bits per heavy atom. The summed E-state index contributed by atoms with van der Waals surface area (Å²) >= 11 is 0. The third-order valence-corrected chi connectivity index (χ3v) is 3.70. The number of amidine groups is 1. The van der Waals surface area contributed by atoms with Crippen LogP contribution < -0.4 is 5.32 Å². The van der Waals surface area contributed by atoms with Crippen LogP contribution in [0.4, 0.5) is 0 Å². The summed E-state index contributed by atoms with van der Waals surface area (Å²) in [5, 5.41) is 11.7. The van der Waals surface area contributed by atoms with Crippen LogP contribution in [0.5, 0.6) is 0 Å². The normalized spacial score (nSPS) is 12.5. The zero-order valence-corrected chi connectivity index (χ0v) is 13.1. The summed E-state index contributed by atoms with van der Waals surface area (Å²) in [7, 11) is 0. The Morgan fingerprint density at radius 3 is 2.45 bits per heavy atom. The van der Waals surface area contributed by atoms with Crippen molar-refractivity contribution in [3.05, 3.63) is 71.3 Å². The molecule has 0 saturated heterocycles. The van der Waals surface area contributed by atoms with Gasteiger partial charge in [0.05, 0.1) is 6.04 Å². The molecule has 2 rings (SSSR count). The van der Waals surface area contributed by atoms with Gasteiger partial charge >= 0.3 is 0 Å². The summed E-state index contributed by atoms with van der Waals surface area (Å²) in [6.45, 7) is 4.19. The Morgan fingerprint density at radius 2 is 1.82 bits per heavy atom. The molecule has 0 aliphatic heterocycles. The third kappa shape index (κ3) is 4.20. The number of benzene rings is 2. The molecule has 0 aliphatic rings.